The van der Waals surface area contributed by atoms with Gasteiger partial charge in [0.05, 0.1) is 38.0 Å². The van der Waals surface area contributed by atoms with Gasteiger partial charge < -0.3 is 35.0 Å². The summed E-state index contributed by atoms with van der Waals surface area (Å²) in [6.07, 6.45) is 0.414. The summed E-state index contributed by atoms with van der Waals surface area (Å²) in [5, 5.41) is 36.3. The summed E-state index contributed by atoms with van der Waals surface area (Å²) in [6.45, 7) is 12.3. The highest BCUT2D eigenvalue weighted by atomic mass is 16.7. The first-order valence-corrected chi connectivity index (χ1v) is 18.4. The third-order valence-corrected chi connectivity index (χ3v) is 12.2. The molecule has 2 bridgehead atoms. The molecule has 5 aliphatic rings. The molecule has 8 atom stereocenters. The molecule has 1 amide bonds. The van der Waals surface area contributed by atoms with Gasteiger partial charge in [0.2, 0.25) is 5.91 Å². The Labute approximate surface area is 301 Å². The number of anilines is 1. The maximum atomic E-state index is 14.3. The molecular weight excluding hydrogens is 652 g/mol. The lowest BCUT2D eigenvalue weighted by molar-refractivity contribution is -0.183. The van der Waals surface area contributed by atoms with Crippen LogP contribution in [0.3, 0.4) is 0 Å². The summed E-state index contributed by atoms with van der Waals surface area (Å²) in [5.41, 5.74) is 3.29. The number of carboxylic acid groups (broad SMARTS) is 1. The van der Waals surface area contributed by atoms with E-state index in [1.165, 1.54) is 6.42 Å². The Morgan fingerprint density at radius 1 is 1.14 bits per heavy atom. The van der Waals surface area contributed by atoms with E-state index in [1.54, 1.807) is 24.1 Å². The first-order valence-electron chi connectivity index (χ1n) is 18.4. The minimum atomic E-state index is -1.03. The third kappa shape index (κ3) is 7.63. The normalized spacial score (nSPS) is 29.6. The van der Waals surface area contributed by atoms with Crippen LogP contribution in [-0.2, 0) is 20.9 Å². The molecule has 0 spiro atoms. The maximum Gasteiger partial charge on any atom is 0.335 e. The number of aromatic carboxylic acids is 1. The predicted molar refractivity (Wildman–Crippen MR) is 193 cm³/mol. The molecule has 3 aliphatic carbocycles. The molecule has 3 saturated carbocycles. The fourth-order valence-electron chi connectivity index (χ4n) is 9.01. The lowest BCUT2D eigenvalue weighted by atomic mass is 9.45. The van der Waals surface area contributed by atoms with E-state index in [1.807, 2.05) is 43.3 Å². The van der Waals surface area contributed by atoms with E-state index in [4.69, 9.17) is 14.3 Å². The van der Waals surface area contributed by atoms with E-state index in [0.717, 1.165) is 30.8 Å². The van der Waals surface area contributed by atoms with Gasteiger partial charge in [-0.25, -0.2) is 4.79 Å². The van der Waals surface area contributed by atoms with Crippen molar-refractivity contribution in [2.45, 2.75) is 71.4 Å². The number of nitrogens with zero attached hydrogens (tertiary/aromatic N) is 3. The summed E-state index contributed by atoms with van der Waals surface area (Å²) in [6, 6.07) is 10.1. The SMILES string of the molecule is C[C@H](O)[C@@H]1[C@H](CO)ON(Cc2cccc(-c3cc(C(=O)O)cc(N(C)C)c3)c2OCCN2CCOCC2)[C@@H]1C(=O)NC1CC2C[C@H]([C@@H]1C)C2(C)C. The lowest BCUT2D eigenvalue weighted by Crippen LogP contribution is -2.62. The van der Waals surface area contributed by atoms with Crippen LogP contribution >= 0.6 is 0 Å². The van der Waals surface area contributed by atoms with Crippen LogP contribution in [0.5, 0.6) is 5.75 Å². The van der Waals surface area contributed by atoms with Crippen LogP contribution in [0.4, 0.5) is 5.69 Å². The van der Waals surface area contributed by atoms with Crippen LogP contribution in [0.15, 0.2) is 36.4 Å². The number of benzene rings is 2. The molecule has 5 fully saturated rings. The summed E-state index contributed by atoms with van der Waals surface area (Å²) < 4.78 is 12.1. The molecule has 51 heavy (non-hydrogen) atoms. The van der Waals surface area contributed by atoms with Crippen molar-refractivity contribution < 1.29 is 39.2 Å². The number of ether oxygens (including phenoxy) is 2. The minimum Gasteiger partial charge on any atom is -0.491 e. The van der Waals surface area contributed by atoms with E-state index in [9.17, 15) is 24.9 Å². The number of aliphatic hydroxyl groups is 2. The number of carbonyl (C=O) groups excluding carboxylic acids is 1. The number of hydroxylamine groups is 2. The zero-order chi connectivity index (χ0) is 36.6. The van der Waals surface area contributed by atoms with Gasteiger partial charge in [0, 0.05) is 62.5 Å². The van der Waals surface area contributed by atoms with E-state index in [-0.39, 0.29) is 36.1 Å². The van der Waals surface area contributed by atoms with Crippen molar-refractivity contribution in [1.82, 2.24) is 15.3 Å². The predicted octanol–water partition coefficient (Wildman–Crippen LogP) is 3.49. The number of carboxylic acids is 1. The van der Waals surface area contributed by atoms with Gasteiger partial charge in [-0.15, -0.1) is 0 Å². The second-order valence-corrected chi connectivity index (χ2v) is 15.8. The Balaban J connectivity index is 1.33. The van der Waals surface area contributed by atoms with Crippen LogP contribution in [0.25, 0.3) is 11.1 Å². The molecule has 280 valence electrons. The summed E-state index contributed by atoms with van der Waals surface area (Å²) in [5.74, 6) is 0.0722. The smallest absolute Gasteiger partial charge is 0.335 e. The van der Waals surface area contributed by atoms with Crippen molar-refractivity contribution in [2.24, 2.45) is 29.1 Å². The van der Waals surface area contributed by atoms with Gasteiger partial charge in [-0.2, -0.15) is 5.06 Å². The van der Waals surface area contributed by atoms with Gasteiger partial charge in [-0.1, -0.05) is 39.0 Å². The highest BCUT2D eigenvalue weighted by Gasteiger charge is 2.57. The molecule has 2 unspecified atom stereocenters. The molecule has 7 rings (SSSR count). The number of rotatable bonds is 13. The van der Waals surface area contributed by atoms with Gasteiger partial charge in [0.15, 0.2) is 0 Å². The first-order chi connectivity index (χ1) is 24.3. The standard InChI is InChI=1S/C39H56N4O8/c1-23-31-19-28(39(31,3)4)20-32(23)40-37(46)35-34(24(2)45)33(22-44)51-43(35)21-25-8-7-9-30(36(25)50-15-12-42-10-13-49-14-11-42)26-16-27(38(47)48)18-29(17-26)41(5)6/h7-9,16-18,23-24,28,31-35,44-45H,10-15,19-22H2,1-6H3,(H,40,46)(H,47,48)/t23-,24-,28?,31+,32?,33-,34+,35-/m0/s1. The van der Waals surface area contributed by atoms with Crippen LogP contribution in [0.1, 0.15) is 56.5 Å². The first kappa shape index (κ1) is 37.5. The van der Waals surface area contributed by atoms with Gasteiger partial charge in [0.1, 0.15) is 24.5 Å². The summed E-state index contributed by atoms with van der Waals surface area (Å²) in [7, 11) is 3.73. The van der Waals surface area contributed by atoms with Crippen molar-refractivity contribution in [3.63, 3.8) is 0 Å². The van der Waals surface area contributed by atoms with Crippen LogP contribution in [-0.4, -0.2) is 122 Å². The number of nitrogens with one attached hydrogen (secondary N) is 1. The summed E-state index contributed by atoms with van der Waals surface area (Å²) in [4.78, 5) is 36.9. The molecule has 2 aromatic rings. The van der Waals surface area contributed by atoms with Crippen molar-refractivity contribution in [2.75, 3.05) is 65.1 Å². The zero-order valence-electron chi connectivity index (χ0n) is 30.9. The minimum absolute atomic E-state index is 0.0220. The van der Waals surface area contributed by atoms with Crippen molar-refractivity contribution in [3.05, 3.63) is 47.5 Å². The van der Waals surface area contributed by atoms with Crippen LogP contribution < -0.4 is 15.0 Å². The Hall–Kier alpha value is -3.26. The lowest BCUT2D eigenvalue weighted by Gasteiger charge is -2.62. The highest BCUT2D eigenvalue weighted by Crippen LogP contribution is 2.61. The van der Waals surface area contributed by atoms with E-state index in [0.29, 0.717) is 61.0 Å². The third-order valence-electron chi connectivity index (χ3n) is 12.2. The number of morpholine rings is 1. The monoisotopic (exact) mass is 708 g/mol. The molecule has 12 nitrogen and oxygen atoms in total. The highest BCUT2D eigenvalue weighted by molar-refractivity contribution is 5.92. The second-order valence-electron chi connectivity index (χ2n) is 15.8. The molecular formula is C39H56N4O8. The summed E-state index contributed by atoms with van der Waals surface area (Å²) >= 11 is 0. The average molecular weight is 709 g/mol. The van der Waals surface area contributed by atoms with Gasteiger partial charge in [-0.3, -0.25) is 14.5 Å². The van der Waals surface area contributed by atoms with Gasteiger partial charge in [0.25, 0.3) is 0 Å². The van der Waals surface area contributed by atoms with Crippen LogP contribution in [0, 0.1) is 29.1 Å². The molecule has 0 radical (unpaired) electrons. The molecule has 2 aliphatic heterocycles. The number of para-hydroxylation sites is 1. The zero-order valence-corrected chi connectivity index (χ0v) is 30.9. The number of amides is 1. The Morgan fingerprint density at radius 3 is 2.51 bits per heavy atom. The number of hydrogen-bond donors (Lipinski definition) is 4. The molecule has 2 aromatic carbocycles. The molecule has 0 aromatic heterocycles. The quantitative estimate of drug-likeness (QED) is 0.243. The Morgan fingerprint density at radius 2 is 1.88 bits per heavy atom. The maximum absolute atomic E-state index is 14.3. The Bertz CT molecular complexity index is 1560. The van der Waals surface area contributed by atoms with Gasteiger partial charge >= 0.3 is 5.97 Å². The molecule has 2 saturated heterocycles. The number of hydrogen-bond acceptors (Lipinski definition) is 10. The van der Waals surface area contributed by atoms with E-state index < -0.39 is 30.1 Å². The van der Waals surface area contributed by atoms with Crippen LogP contribution in [0.2, 0.25) is 0 Å². The van der Waals surface area contributed by atoms with Gasteiger partial charge in [-0.05, 0) is 66.7 Å². The van der Waals surface area contributed by atoms with Crippen molar-refractivity contribution in [3.8, 4) is 16.9 Å². The van der Waals surface area contributed by atoms with E-state index >= 15 is 0 Å². The molecule has 4 N–H and O–H groups in total. The Kier molecular flexibility index (Phi) is 11.3. The van der Waals surface area contributed by atoms with Crippen molar-refractivity contribution in [1.29, 1.82) is 0 Å². The molecule has 2 heterocycles. The van der Waals surface area contributed by atoms with Crippen molar-refractivity contribution >= 4 is 17.6 Å². The topological polar surface area (TPSA) is 144 Å². The fourth-order valence-corrected chi connectivity index (χ4v) is 9.01. The largest absolute Gasteiger partial charge is 0.491 e. The fraction of sp³-hybridized carbons (Fsp3) is 0.641. The van der Waals surface area contributed by atoms with E-state index in [2.05, 4.69) is 31.0 Å². The average Bonchev–Trinajstić information content (AvgIpc) is 3.48. The number of aliphatic hydroxyl groups excluding tert-OH is 2. The number of carbonyl (C=O) groups is 2. The molecule has 12 heteroatoms. The second kappa shape index (κ2) is 15.4. The number of fused-ring (bicyclic) bond motifs is 2.